The van der Waals surface area contributed by atoms with Crippen LogP contribution in [0.2, 0.25) is 5.02 Å². The number of carboxylic acids is 1. The summed E-state index contributed by atoms with van der Waals surface area (Å²) in [5.41, 5.74) is 0.910. The summed E-state index contributed by atoms with van der Waals surface area (Å²) in [6, 6.07) is 7.48. The Morgan fingerprint density at radius 1 is 1.32 bits per heavy atom. The molecule has 1 aliphatic rings. The van der Waals surface area contributed by atoms with Crippen molar-refractivity contribution >= 4 is 34.4 Å². The van der Waals surface area contributed by atoms with E-state index in [1.165, 1.54) is 0 Å². The molecular formula is C16H17ClN2O3. The summed E-state index contributed by atoms with van der Waals surface area (Å²) in [6.07, 6.45) is 3.22. The number of benzene rings is 1. The Bertz CT molecular complexity index is 725. The lowest BCUT2D eigenvalue weighted by molar-refractivity contribution is -0.145. The van der Waals surface area contributed by atoms with E-state index in [1.807, 2.05) is 35.0 Å². The number of carbonyl (C=O) groups excluding carboxylic acids is 1. The standard InChI is InChI=1S/C16H17ClN2O3/c17-13-4-1-5-14-12(13)6-8-18(14)10-15(20)19-7-2-3-11(9-19)16(21)22/h1,4-6,8,11H,2-3,7,9-10H2,(H,21,22)/t11-/m0/s1. The minimum absolute atomic E-state index is 0.0524. The quantitative estimate of drug-likeness (QED) is 0.945. The molecule has 1 atom stereocenters. The van der Waals surface area contributed by atoms with Gasteiger partial charge in [-0.1, -0.05) is 17.7 Å². The van der Waals surface area contributed by atoms with Crippen LogP contribution in [-0.4, -0.2) is 39.5 Å². The maximum atomic E-state index is 12.4. The summed E-state index contributed by atoms with van der Waals surface area (Å²) in [7, 11) is 0. The number of hydrogen-bond donors (Lipinski definition) is 1. The van der Waals surface area contributed by atoms with E-state index in [0.717, 1.165) is 17.3 Å². The lowest BCUT2D eigenvalue weighted by Gasteiger charge is -2.30. The number of likely N-dealkylation sites (tertiary alicyclic amines) is 1. The second-order valence-electron chi connectivity index (χ2n) is 5.63. The van der Waals surface area contributed by atoms with Gasteiger partial charge in [0.2, 0.25) is 5.91 Å². The molecule has 1 aliphatic heterocycles. The zero-order chi connectivity index (χ0) is 15.7. The number of halogens is 1. The molecule has 22 heavy (non-hydrogen) atoms. The maximum absolute atomic E-state index is 12.4. The van der Waals surface area contributed by atoms with Crippen molar-refractivity contribution in [2.24, 2.45) is 5.92 Å². The van der Waals surface area contributed by atoms with Gasteiger partial charge >= 0.3 is 5.97 Å². The van der Waals surface area contributed by atoms with E-state index in [9.17, 15) is 9.59 Å². The number of rotatable bonds is 3. The van der Waals surface area contributed by atoms with Crippen LogP contribution in [0.3, 0.4) is 0 Å². The van der Waals surface area contributed by atoms with Crippen molar-refractivity contribution in [3.8, 4) is 0 Å². The van der Waals surface area contributed by atoms with Crippen molar-refractivity contribution in [2.75, 3.05) is 13.1 Å². The molecule has 1 N–H and O–H groups in total. The Kier molecular flexibility index (Phi) is 4.07. The van der Waals surface area contributed by atoms with Crippen LogP contribution in [0, 0.1) is 5.92 Å². The van der Waals surface area contributed by atoms with Crippen LogP contribution in [0.15, 0.2) is 30.5 Å². The second-order valence-corrected chi connectivity index (χ2v) is 6.04. The average molecular weight is 321 g/mol. The van der Waals surface area contributed by atoms with Crippen LogP contribution in [-0.2, 0) is 16.1 Å². The number of nitrogens with zero attached hydrogens (tertiary/aromatic N) is 2. The smallest absolute Gasteiger partial charge is 0.308 e. The number of aromatic nitrogens is 1. The van der Waals surface area contributed by atoms with Crippen molar-refractivity contribution in [3.05, 3.63) is 35.5 Å². The van der Waals surface area contributed by atoms with Crippen molar-refractivity contribution < 1.29 is 14.7 Å². The van der Waals surface area contributed by atoms with E-state index in [1.54, 1.807) is 4.90 Å². The molecule has 0 bridgehead atoms. The molecule has 5 nitrogen and oxygen atoms in total. The zero-order valence-corrected chi connectivity index (χ0v) is 12.8. The van der Waals surface area contributed by atoms with E-state index >= 15 is 0 Å². The van der Waals surface area contributed by atoms with Crippen LogP contribution in [0.25, 0.3) is 10.9 Å². The van der Waals surface area contributed by atoms with Gasteiger partial charge < -0.3 is 14.6 Å². The van der Waals surface area contributed by atoms with Crippen LogP contribution >= 0.6 is 11.6 Å². The van der Waals surface area contributed by atoms with Crippen molar-refractivity contribution in [2.45, 2.75) is 19.4 Å². The molecule has 0 radical (unpaired) electrons. The zero-order valence-electron chi connectivity index (χ0n) is 12.0. The number of aliphatic carboxylic acids is 1. The molecule has 1 aromatic carbocycles. The van der Waals surface area contributed by atoms with Gasteiger partial charge in [-0.25, -0.2) is 0 Å². The Hall–Kier alpha value is -2.01. The molecule has 1 fully saturated rings. The minimum Gasteiger partial charge on any atom is -0.481 e. The fourth-order valence-electron chi connectivity index (χ4n) is 2.97. The van der Waals surface area contributed by atoms with Crippen LogP contribution in [0.4, 0.5) is 0 Å². The maximum Gasteiger partial charge on any atom is 0.308 e. The summed E-state index contributed by atoms with van der Waals surface area (Å²) in [5, 5.41) is 10.7. The molecular weight excluding hydrogens is 304 g/mol. The molecule has 0 unspecified atom stereocenters. The monoisotopic (exact) mass is 320 g/mol. The summed E-state index contributed by atoms with van der Waals surface area (Å²) in [6.45, 7) is 1.13. The van der Waals surface area contributed by atoms with Crippen LogP contribution < -0.4 is 0 Å². The van der Waals surface area contributed by atoms with Gasteiger partial charge in [0.15, 0.2) is 0 Å². The van der Waals surface area contributed by atoms with Gasteiger partial charge in [0.25, 0.3) is 0 Å². The highest BCUT2D eigenvalue weighted by atomic mass is 35.5. The molecule has 6 heteroatoms. The normalized spacial score (nSPS) is 18.6. The first-order valence-electron chi connectivity index (χ1n) is 7.30. The minimum atomic E-state index is -0.823. The fourth-order valence-corrected chi connectivity index (χ4v) is 3.21. The Morgan fingerprint density at radius 2 is 2.14 bits per heavy atom. The summed E-state index contributed by atoms with van der Waals surface area (Å²) >= 11 is 6.14. The lowest BCUT2D eigenvalue weighted by Crippen LogP contribution is -2.43. The highest BCUT2D eigenvalue weighted by molar-refractivity contribution is 6.35. The molecule has 0 spiro atoms. The number of piperidine rings is 1. The highest BCUT2D eigenvalue weighted by Crippen LogP contribution is 2.24. The number of carbonyl (C=O) groups is 2. The first kappa shape index (κ1) is 14.9. The Morgan fingerprint density at radius 3 is 2.91 bits per heavy atom. The third kappa shape index (κ3) is 2.81. The van der Waals surface area contributed by atoms with Gasteiger partial charge in [0.05, 0.1) is 5.92 Å². The van der Waals surface area contributed by atoms with Crippen LogP contribution in [0.5, 0.6) is 0 Å². The second kappa shape index (κ2) is 6.01. The first-order chi connectivity index (χ1) is 10.6. The lowest BCUT2D eigenvalue weighted by atomic mass is 9.98. The molecule has 0 aliphatic carbocycles. The molecule has 2 aromatic rings. The largest absolute Gasteiger partial charge is 0.481 e. The van der Waals surface area contributed by atoms with Crippen LogP contribution in [0.1, 0.15) is 12.8 Å². The van der Waals surface area contributed by atoms with Gasteiger partial charge in [-0.05, 0) is 31.0 Å². The topological polar surface area (TPSA) is 62.5 Å². The van der Waals surface area contributed by atoms with E-state index in [0.29, 0.717) is 24.5 Å². The number of carboxylic acid groups (broad SMARTS) is 1. The van der Waals surface area contributed by atoms with E-state index in [4.69, 9.17) is 16.7 Å². The number of amides is 1. The predicted octanol–water partition coefficient (Wildman–Crippen LogP) is 2.62. The molecule has 1 aromatic heterocycles. The van der Waals surface area contributed by atoms with Gasteiger partial charge in [-0.3, -0.25) is 9.59 Å². The molecule has 3 rings (SSSR count). The van der Waals surface area contributed by atoms with E-state index < -0.39 is 11.9 Å². The number of hydrogen-bond acceptors (Lipinski definition) is 2. The number of fused-ring (bicyclic) bond motifs is 1. The van der Waals surface area contributed by atoms with Crippen molar-refractivity contribution in [1.29, 1.82) is 0 Å². The Labute approximate surface area is 133 Å². The van der Waals surface area contributed by atoms with Crippen molar-refractivity contribution in [1.82, 2.24) is 9.47 Å². The molecule has 116 valence electrons. The fraction of sp³-hybridized carbons (Fsp3) is 0.375. The van der Waals surface area contributed by atoms with E-state index in [-0.39, 0.29) is 12.5 Å². The highest BCUT2D eigenvalue weighted by Gasteiger charge is 2.28. The average Bonchev–Trinajstić information content (AvgIpc) is 2.92. The van der Waals surface area contributed by atoms with Gasteiger partial charge in [0, 0.05) is 35.2 Å². The summed E-state index contributed by atoms with van der Waals surface area (Å²) in [5.74, 6) is -1.33. The molecule has 1 amide bonds. The summed E-state index contributed by atoms with van der Waals surface area (Å²) in [4.78, 5) is 25.2. The SMILES string of the molecule is O=C(O)[C@H]1CCCN(C(=O)Cn2ccc3c(Cl)cccc32)C1. The van der Waals surface area contributed by atoms with E-state index in [2.05, 4.69) is 0 Å². The third-order valence-corrected chi connectivity index (χ3v) is 4.52. The third-order valence-electron chi connectivity index (χ3n) is 4.19. The summed E-state index contributed by atoms with van der Waals surface area (Å²) < 4.78 is 1.86. The van der Waals surface area contributed by atoms with Crippen molar-refractivity contribution in [3.63, 3.8) is 0 Å². The van der Waals surface area contributed by atoms with Gasteiger partial charge in [-0.2, -0.15) is 0 Å². The van der Waals surface area contributed by atoms with Gasteiger partial charge in [-0.15, -0.1) is 0 Å². The first-order valence-corrected chi connectivity index (χ1v) is 7.68. The van der Waals surface area contributed by atoms with Gasteiger partial charge in [0.1, 0.15) is 6.54 Å². The molecule has 0 saturated carbocycles. The predicted molar refractivity (Wildman–Crippen MR) is 83.9 cm³/mol. The molecule has 1 saturated heterocycles. The Balaban J connectivity index is 1.76. The molecule has 2 heterocycles.